The monoisotopic (exact) mass is 439 g/mol. The molecule has 8 heteroatoms. The Balaban J connectivity index is 1.71. The van der Waals surface area contributed by atoms with Gasteiger partial charge >= 0.3 is 0 Å². The molecule has 0 saturated carbocycles. The number of ether oxygens (including phenoxy) is 3. The summed E-state index contributed by atoms with van der Waals surface area (Å²) in [4.78, 5) is 18.9. The highest BCUT2D eigenvalue weighted by Crippen LogP contribution is 2.31. The van der Waals surface area contributed by atoms with Gasteiger partial charge in [-0.2, -0.15) is 4.98 Å². The Labute approximate surface area is 188 Å². The molecule has 0 saturated heterocycles. The van der Waals surface area contributed by atoms with E-state index in [-0.39, 0.29) is 12.5 Å². The molecule has 3 aromatic rings. The lowest BCUT2D eigenvalue weighted by Crippen LogP contribution is -2.39. The maximum Gasteiger partial charge on any atom is 0.263 e. The van der Waals surface area contributed by atoms with Crippen LogP contribution in [0.3, 0.4) is 0 Å². The minimum atomic E-state index is -0.606. The topological polar surface area (TPSA) is 86.9 Å². The first-order chi connectivity index (χ1) is 15.3. The second-order valence-corrected chi connectivity index (χ2v) is 7.61. The smallest absolute Gasteiger partial charge is 0.263 e. The maximum absolute atomic E-state index is 13.0. The van der Waals surface area contributed by atoms with Crippen molar-refractivity contribution >= 4 is 5.91 Å². The van der Waals surface area contributed by atoms with Gasteiger partial charge in [-0.05, 0) is 55.7 Å². The van der Waals surface area contributed by atoms with Crippen molar-refractivity contribution in [3.8, 4) is 28.6 Å². The van der Waals surface area contributed by atoms with Crippen LogP contribution in [0.25, 0.3) is 11.4 Å². The van der Waals surface area contributed by atoms with E-state index in [1.54, 1.807) is 39.5 Å². The van der Waals surface area contributed by atoms with Gasteiger partial charge in [-0.1, -0.05) is 18.1 Å². The Kier molecular flexibility index (Phi) is 7.35. The Morgan fingerprint density at radius 1 is 1.06 bits per heavy atom. The highest BCUT2D eigenvalue weighted by Gasteiger charge is 2.24. The molecule has 0 radical (unpaired) electrons. The molecule has 1 amide bonds. The van der Waals surface area contributed by atoms with Crippen LogP contribution in [-0.4, -0.2) is 48.3 Å². The lowest BCUT2D eigenvalue weighted by molar-refractivity contribution is -0.138. The van der Waals surface area contributed by atoms with Gasteiger partial charge in [0.1, 0.15) is 17.2 Å². The number of benzene rings is 2. The predicted molar refractivity (Wildman–Crippen MR) is 120 cm³/mol. The lowest BCUT2D eigenvalue weighted by Gasteiger charge is -2.23. The summed E-state index contributed by atoms with van der Waals surface area (Å²) in [5, 5.41) is 4.04. The predicted octanol–water partition coefficient (Wildman–Crippen LogP) is 4.19. The van der Waals surface area contributed by atoms with Crippen molar-refractivity contribution in [2.24, 2.45) is 0 Å². The highest BCUT2D eigenvalue weighted by molar-refractivity contribution is 5.81. The van der Waals surface area contributed by atoms with Crippen LogP contribution < -0.4 is 14.2 Å². The van der Waals surface area contributed by atoms with Gasteiger partial charge in [0.25, 0.3) is 5.91 Å². The third kappa shape index (κ3) is 5.38. The zero-order valence-electron chi connectivity index (χ0n) is 19.3. The van der Waals surface area contributed by atoms with E-state index < -0.39 is 6.10 Å². The fourth-order valence-electron chi connectivity index (χ4n) is 3.41. The van der Waals surface area contributed by atoms with Crippen LogP contribution in [0.1, 0.15) is 30.4 Å². The molecule has 0 aliphatic rings. The molecule has 3 rings (SSSR count). The third-order valence-corrected chi connectivity index (χ3v) is 4.99. The van der Waals surface area contributed by atoms with Gasteiger partial charge < -0.3 is 23.6 Å². The summed E-state index contributed by atoms with van der Waals surface area (Å²) in [5.74, 6) is 2.44. The number of methoxy groups -OCH3 is 2. The Bertz CT molecular complexity index is 1060. The molecule has 1 unspecified atom stereocenters. The Morgan fingerprint density at radius 2 is 1.78 bits per heavy atom. The van der Waals surface area contributed by atoms with Crippen molar-refractivity contribution in [1.82, 2.24) is 15.0 Å². The minimum Gasteiger partial charge on any atom is -0.497 e. The van der Waals surface area contributed by atoms with Crippen molar-refractivity contribution in [2.45, 2.75) is 39.8 Å². The first kappa shape index (κ1) is 23.1. The molecular formula is C24H29N3O5. The Hall–Kier alpha value is -3.55. The van der Waals surface area contributed by atoms with E-state index in [1.807, 2.05) is 32.9 Å². The van der Waals surface area contributed by atoms with Crippen LogP contribution in [0.5, 0.6) is 17.2 Å². The number of hydrogen-bond acceptors (Lipinski definition) is 7. The molecule has 0 aliphatic heterocycles. The van der Waals surface area contributed by atoms with Crippen LogP contribution in [0, 0.1) is 13.8 Å². The van der Waals surface area contributed by atoms with Crippen molar-refractivity contribution in [1.29, 1.82) is 0 Å². The number of hydrogen-bond donors (Lipinski definition) is 0. The summed E-state index contributed by atoms with van der Waals surface area (Å²) in [7, 11) is 4.83. The molecule has 0 fully saturated rings. The van der Waals surface area contributed by atoms with Crippen molar-refractivity contribution in [2.75, 3.05) is 21.3 Å². The second kappa shape index (κ2) is 10.2. The molecule has 32 heavy (non-hydrogen) atoms. The van der Waals surface area contributed by atoms with E-state index in [9.17, 15) is 4.79 Å². The van der Waals surface area contributed by atoms with E-state index in [0.717, 1.165) is 11.1 Å². The number of rotatable bonds is 9. The lowest BCUT2D eigenvalue weighted by atomic mass is 10.1. The van der Waals surface area contributed by atoms with Crippen molar-refractivity contribution in [3.63, 3.8) is 0 Å². The van der Waals surface area contributed by atoms with Gasteiger partial charge in [0.05, 0.1) is 26.3 Å². The molecule has 2 aromatic carbocycles. The summed E-state index contributed by atoms with van der Waals surface area (Å²) in [6.07, 6.45) is -0.0702. The summed E-state index contributed by atoms with van der Waals surface area (Å²) in [6.45, 7) is 6.08. The van der Waals surface area contributed by atoms with Gasteiger partial charge in [0.15, 0.2) is 6.10 Å². The van der Waals surface area contributed by atoms with Gasteiger partial charge in [0.2, 0.25) is 11.7 Å². The molecular weight excluding hydrogens is 410 g/mol. The quantitative estimate of drug-likeness (QED) is 0.494. The van der Waals surface area contributed by atoms with Crippen molar-refractivity contribution in [3.05, 3.63) is 53.4 Å². The van der Waals surface area contributed by atoms with E-state index in [4.69, 9.17) is 18.7 Å². The van der Waals surface area contributed by atoms with Crippen LogP contribution in [0.4, 0.5) is 0 Å². The zero-order chi connectivity index (χ0) is 23.3. The van der Waals surface area contributed by atoms with Crippen LogP contribution >= 0.6 is 0 Å². The number of likely N-dealkylation sites (N-methyl/N-ethyl adjacent to an activating group) is 1. The van der Waals surface area contributed by atoms with Crippen LogP contribution in [0.2, 0.25) is 0 Å². The van der Waals surface area contributed by atoms with E-state index in [2.05, 4.69) is 16.2 Å². The highest BCUT2D eigenvalue weighted by atomic mass is 16.5. The van der Waals surface area contributed by atoms with Crippen LogP contribution in [-0.2, 0) is 11.3 Å². The average molecular weight is 440 g/mol. The van der Waals surface area contributed by atoms with Gasteiger partial charge in [-0.3, -0.25) is 4.79 Å². The molecule has 8 nitrogen and oxygen atoms in total. The first-order valence-electron chi connectivity index (χ1n) is 10.4. The number of carbonyl (C=O) groups excluding carboxylic acids is 1. The second-order valence-electron chi connectivity index (χ2n) is 7.61. The van der Waals surface area contributed by atoms with Crippen molar-refractivity contribution < 1.29 is 23.5 Å². The average Bonchev–Trinajstić information content (AvgIpc) is 3.23. The molecule has 0 spiro atoms. The Morgan fingerprint density at radius 3 is 2.41 bits per heavy atom. The van der Waals surface area contributed by atoms with Gasteiger partial charge in [-0.15, -0.1) is 0 Å². The number of aromatic nitrogens is 2. The zero-order valence-corrected chi connectivity index (χ0v) is 19.3. The summed E-state index contributed by atoms with van der Waals surface area (Å²) in [5.41, 5.74) is 2.84. The fourth-order valence-corrected chi connectivity index (χ4v) is 3.41. The molecule has 1 aromatic heterocycles. The van der Waals surface area contributed by atoms with Gasteiger partial charge in [0, 0.05) is 13.1 Å². The third-order valence-electron chi connectivity index (χ3n) is 4.99. The SMILES string of the molecule is CCC(Oc1cc(C)cc(C)c1)C(=O)N(C)Cc1nc(-c2ccc(OC)cc2OC)no1. The number of nitrogens with zero attached hydrogens (tertiary/aromatic N) is 3. The number of carbonyl (C=O) groups is 1. The number of aryl methyl sites for hydroxylation is 2. The fraction of sp³-hybridized carbons (Fsp3) is 0.375. The molecule has 0 N–H and O–H groups in total. The normalized spacial score (nSPS) is 11.7. The van der Waals surface area contributed by atoms with Gasteiger partial charge in [-0.25, -0.2) is 0 Å². The standard InChI is InChI=1S/C24H29N3O5/c1-7-20(31-18-11-15(2)10-16(3)12-18)24(28)27(4)14-22-25-23(26-32-22)19-9-8-17(29-5)13-21(19)30-6/h8-13,20H,7,14H2,1-6H3. The molecule has 170 valence electrons. The molecule has 1 atom stereocenters. The summed E-state index contributed by atoms with van der Waals surface area (Å²) < 4.78 is 22.0. The summed E-state index contributed by atoms with van der Waals surface area (Å²) in [6, 6.07) is 11.3. The molecule has 0 aliphatic carbocycles. The maximum atomic E-state index is 13.0. The van der Waals surface area contributed by atoms with E-state index in [1.165, 1.54) is 4.90 Å². The molecule has 1 heterocycles. The van der Waals surface area contributed by atoms with E-state index >= 15 is 0 Å². The largest absolute Gasteiger partial charge is 0.497 e. The van der Waals surface area contributed by atoms with Crippen LogP contribution in [0.15, 0.2) is 40.9 Å². The first-order valence-corrected chi connectivity index (χ1v) is 10.4. The minimum absolute atomic E-state index is 0.159. The summed E-state index contributed by atoms with van der Waals surface area (Å²) >= 11 is 0. The molecule has 0 bridgehead atoms. The number of amides is 1. The van der Waals surface area contributed by atoms with E-state index in [0.29, 0.717) is 40.9 Å².